The topological polar surface area (TPSA) is 87.1 Å². The zero-order chi connectivity index (χ0) is 27.6. The third-order valence-corrected chi connectivity index (χ3v) is 6.88. The van der Waals surface area contributed by atoms with Crippen molar-refractivity contribution in [3.05, 3.63) is 93.8 Å². The monoisotopic (exact) mass is 539 g/mol. The molecule has 0 heterocycles. The van der Waals surface area contributed by atoms with E-state index in [4.69, 9.17) is 16.3 Å². The summed E-state index contributed by atoms with van der Waals surface area (Å²) in [6.07, 6.45) is 0.517. The average molecular weight is 540 g/mol. The number of aliphatic hydroxyl groups is 1. The van der Waals surface area contributed by atoms with E-state index in [2.05, 4.69) is 0 Å². The number of carboxylic acids is 1. The Morgan fingerprint density at radius 3 is 2.37 bits per heavy atom. The van der Waals surface area contributed by atoms with Crippen molar-refractivity contribution < 1.29 is 28.9 Å². The van der Waals surface area contributed by atoms with Crippen molar-refractivity contribution in [1.29, 1.82) is 0 Å². The van der Waals surface area contributed by atoms with Crippen molar-refractivity contribution in [2.24, 2.45) is 0 Å². The lowest BCUT2D eigenvalue weighted by Gasteiger charge is -2.37. The Hall–Kier alpha value is -3.42. The molecule has 0 spiro atoms. The number of hydrogen-bond donors (Lipinski definition) is 2. The van der Waals surface area contributed by atoms with Crippen LogP contribution in [0, 0.1) is 5.82 Å². The standard InChI is InChI=1S/C30H31ClFNO5/c1-30(2,3)38-29(37)33(17-27(34)19-6-10-23(31)11-7-19)24-12-8-18-4-5-20(14-22(18)15-24)21-9-13-26(32)25(16-21)28(35)36/h4-7,9-11,13-14,16,24,27,34H,8,12,15,17H2,1-3H3,(H,35,36)/t24-,27-/m0/s1. The summed E-state index contributed by atoms with van der Waals surface area (Å²) in [5.74, 6) is -2.11. The predicted octanol–water partition coefficient (Wildman–Crippen LogP) is 6.67. The maximum absolute atomic E-state index is 13.9. The molecule has 0 saturated carbocycles. The minimum Gasteiger partial charge on any atom is -0.478 e. The lowest BCUT2D eigenvalue weighted by atomic mass is 9.85. The van der Waals surface area contributed by atoms with E-state index in [0.29, 0.717) is 29.0 Å². The molecule has 0 unspecified atom stereocenters. The van der Waals surface area contributed by atoms with Crippen LogP contribution in [0.3, 0.4) is 0 Å². The van der Waals surface area contributed by atoms with Crippen LogP contribution in [0.4, 0.5) is 9.18 Å². The summed E-state index contributed by atoms with van der Waals surface area (Å²) in [5, 5.41) is 20.8. The van der Waals surface area contributed by atoms with Gasteiger partial charge in [-0.1, -0.05) is 48.0 Å². The van der Waals surface area contributed by atoms with Gasteiger partial charge in [0.25, 0.3) is 0 Å². The van der Waals surface area contributed by atoms with Gasteiger partial charge < -0.3 is 19.8 Å². The van der Waals surface area contributed by atoms with Crippen LogP contribution in [0.5, 0.6) is 0 Å². The summed E-state index contributed by atoms with van der Waals surface area (Å²) in [5.41, 5.74) is 3.05. The minimum absolute atomic E-state index is 0.0518. The lowest BCUT2D eigenvalue weighted by molar-refractivity contribution is 0.00194. The number of carbonyl (C=O) groups is 2. The van der Waals surface area contributed by atoms with Crippen LogP contribution in [0.25, 0.3) is 11.1 Å². The van der Waals surface area contributed by atoms with Gasteiger partial charge in [0.1, 0.15) is 11.4 Å². The molecule has 2 atom stereocenters. The number of ether oxygens (including phenoxy) is 1. The summed E-state index contributed by atoms with van der Waals surface area (Å²) in [7, 11) is 0. The van der Waals surface area contributed by atoms with E-state index in [1.165, 1.54) is 6.07 Å². The Labute approximate surface area is 226 Å². The quantitative estimate of drug-likeness (QED) is 0.365. The van der Waals surface area contributed by atoms with E-state index in [0.717, 1.165) is 29.2 Å². The Balaban J connectivity index is 1.62. The van der Waals surface area contributed by atoms with E-state index >= 15 is 0 Å². The molecule has 0 radical (unpaired) electrons. The number of carboxylic acid groups (broad SMARTS) is 1. The van der Waals surface area contributed by atoms with Crippen LogP contribution in [0.1, 0.15) is 60.3 Å². The molecule has 0 fully saturated rings. The number of fused-ring (bicyclic) bond motifs is 1. The molecule has 1 aliphatic rings. The third kappa shape index (κ3) is 6.52. The smallest absolute Gasteiger partial charge is 0.410 e. The van der Waals surface area contributed by atoms with E-state index in [-0.39, 0.29) is 18.2 Å². The molecule has 0 aliphatic heterocycles. The molecule has 1 aliphatic carbocycles. The van der Waals surface area contributed by atoms with Gasteiger partial charge in [-0.15, -0.1) is 0 Å². The van der Waals surface area contributed by atoms with Gasteiger partial charge in [0.15, 0.2) is 0 Å². The van der Waals surface area contributed by atoms with Crippen LogP contribution in [-0.2, 0) is 17.6 Å². The number of amides is 1. The number of aromatic carboxylic acids is 1. The molecule has 0 aromatic heterocycles. The van der Waals surface area contributed by atoms with Gasteiger partial charge >= 0.3 is 12.1 Å². The molecular formula is C30H31ClFNO5. The highest BCUT2D eigenvalue weighted by Gasteiger charge is 2.33. The molecular weight excluding hydrogens is 509 g/mol. The van der Waals surface area contributed by atoms with Gasteiger partial charge in [-0.05, 0) is 92.1 Å². The molecule has 0 bridgehead atoms. The first-order valence-electron chi connectivity index (χ1n) is 12.5. The highest BCUT2D eigenvalue weighted by molar-refractivity contribution is 6.30. The van der Waals surface area contributed by atoms with Gasteiger partial charge in [0.2, 0.25) is 0 Å². The van der Waals surface area contributed by atoms with Crippen molar-refractivity contribution in [3.63, 3.8) is 0 Å². The number of carbonyl (C=O) groups excluding carboxylic acids is 1. The number of benzene rings is 3. The van der Waals surface area contributed by atoms with Crippen molar-refractivity contribution in [2.45, 2.75) is 57.8 Å². The fraction of sp³-hybridized carbons (Fsp3) is 0.333. The first-order valence-corrected chi connectivity index (χ1v) is 12.9. The summed E-state index contributed by atoms with van der Waals surface area (Å²) in [6, 6.07) is 16.5. The van der Waals surface area contributed by atoms with Gasteiger partial charge in [0.05, 0.1) is 18.2 Å². The van der Waals surface area contributed by atoms with Crippen molar-refractivity contribution in [1.82, 2.24) is 4.90 Å². The van der Waals surface area contributed by atoms with Crippen molar-refractivity contribution >= 4 is 23.7 Å². The SMILES string of the molecule is CC(C)(C)OC(=O)N(C[C@H](O)c1ccc(Cl)cc1)[C@H]1CCc2ccc(-c3ccc(F)c(C(=O)O)c3)cc2C1. The van der Waals surface area contributed by atoms with Gasteiger partial charge in [-0.3, -0.25) is 0 Å². The summed E-state index contributed by atoms with van der Waals surface area (Å²) < 4.78 is 19.6. The summed E-state index contributed by atoms with van der Waals surface area (Å²) in [6.45, 7) is 5.45. The van der Waals surface area contributed by atoms with Gasteiger partial charge in [-0.2, -0.15) is 0 Å². The fourth-order valence-electron chi connectivity index (χ4n) is 4.72. The number of halogens is 2. The van der Waals surface area contributed by atoms with Gasteiger partial charge in [-0.25, -0.2) is 14.0 Å². The van der Waals surface area contributed by atoms with E-state index < -0.39 is 29.6 Å². The van der Waals surface area contributed by atoms with Crippen LogP contribution < -0.4 is 0 Å². The molecule has 200 valence electrons. The fourth-order valence-corrected chi connectivity index (χ4v) is 4.85. The molecule has 8 heteroatoms. The van der Waals surface area contributed by atoms with E-state index in [9.17, 15) is 24.2 Å². The zero-order valence-electron chi connectivity index (χ0n) is 21.6. The predicted molar refractivity (Wildman–Crippen MR) is 144 cm³/mol. The highest BCUT2D eigenvalue weighted by atomic mass is 35.5. The van der Waals surface area contributed by atoms with Gasteiger partial charge in [0, 0.05) is 11.1 Å². The van der Waals surface area contributed by atoms with Crippen molar-refractivity contribution in [2.75, 3.05) is 6.54 Å². The normalized spacial score (nSPS) is 15.9. The van der Waals surface area contributed by atoms with E-state index in [1.54, 1.807) is 56.0 Å². The second-order valence-corrected chi connectivity index (χ2v) is 11.0. The molecule has 38 heavy (non-hydrogen) atoms. The Morgan fingerprint density at radius 2 is 1.71 bits per heavy atom. The maximum atomic E-state index is 13.9. The molecule has 3 aromatic rings. The summed E-state index contributed by atoms with van der Waals surface area (Å²) in [4.78, 5) is 26.3. The summed E-state index contributed by atoms with van der Waals surface area (Å²) >= 11 is 5.99. The molecule has 3 aromatic carbocycles. The molecule has 4 rings (SSSR count). The zero-order valence-corrected chi connectivity index (χ0v) is 22.3. The largest absolute Gasteiger partial charge is 0.478 e. The number of rotatable bonds is 6. The maximum Gasteiger partial charge on any atom is 0.410 e. The average Bonchev–Trinajstić information content (AvgIpc) is 2.86. The molecule has 2 N–H and O–H groups in total. The van der Waals surface area contributed by atoms with Crippen molar-refractivity contribution in [3.8, 4) is 11.1 Å². The first-order chi connectivity index (χ1) is 17.9. The minimum atomic E-state index is -1.32. The lowest BCUT2D eigenvalue weighted by Crippen LogP contribution is -2.47. The second kappa shape index (κ2) is 11.1. The molecule has 1 amide bonds. The first kappa shape index (κ1) is 27.6. The number of nitrogens with zero attached hydrogens (tertiary/aromatic N) is 1. The van der Waals surface area contributed by atoms with E-state index in [1.807, 2.05) is 18.2 Å². The third-order valence-electron chi connectivity index (χ3n) is 6.63. The Morgan fingerprint density at radius 1 is 1.05 bits per heavy atom. The number of aryl methyl sites for hydroxylation is 1. The van der Waals surface area contributed by atoms with Crippen LogP contribution in [-0.4, -0.2) is 45.4 Å². The van der Waals surface area contributed by atoms with Crippen LogP contribution >= 0.6 is 11.6 Å². The molecule has 0 saturated heterocycles. The second-order valence-electron chi connectivity index (χ2n) is 10.6. The number of aliphatic hydroxyl groups excluding tert-OH is 1. The number of hydrogen-bond acceptors (Lipinski definition) is 4. The highest BCUT2D eigenvalue weighted by Crippen LogP contribution is 2.32. The Kier molecular flexibility index (Phi) is 8.09. The Bertz CT molecular complexity index is 1340. The van der Waals surface area contributed by atoms with Crippen LogP contribution in [0.2, 0.25) is 5.02 Å². The molecule has 6 nitrogen and oxygen atoms in total. The van der Waals surface area contributed by atoms with Crippen LogP contribution in [0.15, 0.2) is 60.7 Å².